The van der Waals surface area contributed by atoms with Crippen molar-refractivity contribution in [2.24, 2.45) is 11.3 Å². The number of aromatic nitrogens is 2. The molecule has 0 saturated heterocycles. The van der Waals surface area contributed by atoms with Crippen molar-refractivity contribution in [3.63, 3.8) is 0 Å². The zero-order valence-electron chi connectivity index (χ0n) is 20.3. The molecular weight excluding hydrogens is 553 g/mol. The highest BCUT2D eigenvalue weighted by molar-refractivity contribution is 6.40. The highest BCUT2D eigenvalue weighted by atomic mass is 35.5. The number of carbonyl (C=O) groups is 3. The van der Waals surface area contributed by atoms with Crippen LogP contribution in [-0.4, -0.2) is 50.5 Å². The molecule has 2 fully saturated rings. The number of amides is 1. The molecule has 0 spiro atoms. The van der Waals surface area contributed by atoms with Crippen molar-refractivity contribution in [2.45, 2.75) is 57.7 Å². The largest absolute Gasteiger partial charge is 0.481 e. The maximum atomic E-state index is 14.3. The smallest absolute Gasteiger partial charge is 0.433 e. The van der Waals surface area contributed by atoms with E-state index < -0.39 is 58.9 Å². The first-order valence-corrected chi connectivity index (χ1v) is 12.8. The van der Waals surface area contributed by atoms with Crippen molar-refractivity contribution in [2.75, 3.05) is 13.1 Å². The molecule has 4 rings (SSSR count). The van der Waals surface area contributed by atoms with E-state index in [1.54, 1.807) is 6.92 Å². The second-order valence-corrected chi connectivity index (χ2v) is 11.1. The van der Waals surface area contributed by atoms with Gasteiger partial charge in [-0.15, -0.1) is 0 Å². The quantitative estimate of drug-likeness (QED) is 0.294. The fourth-order valence-corrected chi connectivity index (χ4v) is 5.51. The number of benzene rings is 1. The number of ketones is 1. The van der Waals surface area contributed by atoms with Crippen molar-refractivity contribution in [3.05, 3.63) is 51.0 Å². The van der Waals surface area contributed by atoms with E-state index in [0.29, 0.717) is 0 Å². The molecule has 13 heteroatoms. The molecule has 0 bridgehead atoms. The maximum absolute atomic E-state index is 14.3. The fourth-order valence-electron chi connectivity index (χ4n) is 4.84. The number of alkyl halides is 3. The van der Waals surface area contributed by atoms with E-state index in [1.165, 1.54) is 0 Å². The number of Topliss-reactive ketones (excluding diaryl/α,β-unsaturated/α-hetero) is 1. The van der Waals surface area contributed by atoms with Crippen LogP contribution in [0.3, 0.4) is 0 Å². The van der Waals surface area contributed by atoms with Crippen LogP contribution in [0.1, 0.15) is 77.9 Å². The summed E-state index contributed by atoms with van der Waals surface area (Å²) in [5, 5.41) is 12.8. The van der Waals surface area contributed by atoms with Crippen LogP contribution in [-0.2, 0) is 11.0 Å². The number of hydrogen-bond donors (Lipinski definition) is 1. The molecule has 1 heterocycles. The average molecular weight is 578 g/mol. The van der Waals surface area contributed by atoms with Gasteiger partial charge in [0.25, 0.3) is 5.91 Å². The molecule has 0 aliphatic heterocycles. The summed E-state index contributed by atoms with van der Waals surface area (Å²) in [6, 6.07) is 1.04. The summed E-state index contributed by atoms with van der Waals surface area (Å²) in [5.74, 6) is -3.51. The molecule has 2 aromatic rings. The molecule has 38 heavy (non-hydrogen) atoms. The minimum atomic E-state index is -4.94. The van der Waals surface area contributed by atoms with Gasteiger partial charge >= 0.3 is 12.1 Å². The molecule has 2 aliphatic rings. The summed E-state index contributed by atoms with van der Waals surface area (Å²) in [4.78, 5) is 39.1. The minimum Gasteiger partial charge on any atom is -0.481 e. The Hall–Kier alpha value is -2.66. The van der Waals surface area contributed by atoms with Crippen molar-refractivity contribution in [1.82, 2.24) is 14.7 Å². The lowest BCUT2D eigenvalue weighted by Gasteiger charge is -2.34. The summed E-state index contributed by atoms with van der Waals surface area (Å²) < 4.78 is 57.2. The molecule has 0 unspecified atom stereocenters. The zero-order chi connectivity index (χ0) is 28.0. The van der Waals surface area contributed by atoms with E-state index in [0.717, 1.165) is 40.8 Å². The molecule has 1 amide bonds. The van der Waals surface area contributed by atoms with Gasteiger partial charge in [-0.3, -0.25) is 19.1 Å². The number of aliphatic carboxylic acids is 1. The minimum absolute atomic E-state index is 0.0299. The number of carbonyl (C=O) groups excluding carboxylic acids is 2. The summed E-state index contributed by atoms with van der Waals surface area (Å²) in [5.41, 5.74) is -3.20. The zero-order valence-corrected chi connectivity index (χ0v) is 21.8. The fraction of sp³-hybridized carbons (Fsp3) is 0.520. The predicted octanol–water partition coefficient (Wildman–Crippen LogP) is 6.29. The molecule has 1 aromatic carbocycles. The molecule has 2 saturated carbocycles. The van der Waals surface area contributed by atoms with Gasteiger partial charge in [-0.1, -0.05) is 23.2 Å². The molecule has 1 aromatic heterocycles. The number of hydrogen-bond acceptors (Lipinski definition) is 4. The van der Waals surface area contributed by atoms with Gasteiger partial charge in [-0.2, -0.15) is 18.3 Å². The van der Waals surface area contributed by atoms with E-state index in [4.69, 9.17) is 23.2 Å². The normalized spacial score (nSPS) is 21.8. The molecular formula is C25H25Cl2F4N3O4. The van der Waals surface area contributed by atoms with Crippen LogP contribution >= 0.6 is 23.2 Å². The van der Waals surface area contributed by atoms with E-state index in [-0.39, 0.29) is 53.8 Å². The Morgan fingerprint density at radius 2 is 1.71 bits per heavy atom. The van der Waals surface area contributed by atoms with Gasteiger partial charge in [0.15, 0.2) is 11.5 Å². The molecule has 0 atom stereocenters. The van der Waals surface area contributed by atoms with Crippen molar-refractivity contribution in [3.8, 4) is 0 Å². The molecule has 2 aliphatic carbocycles. The Labute approximate surface area is 225 Å². The monoisotopic (exact) mass is 577 g/mol. The van der Waals surface area contributed by atoms with Gasteiger partial charge in [-0.25, -0.2) is 4.39 Å². The Kier molecular flexibility index (Phi) is 7.82. The van der Waals surface area contributed by atoms with Crippen LogP contribution in [0.15, 0.2) is 18.3 Å². The lowest BCUT2D eigenvalue weighted by molar-refractivity contribution is -0.152. The average Bonchev–Trinajstić information content (AvgIpc) is 3.51. The van der Waals surface area contributed by atoms with Gasteiger partial charge in [0.1, 0.15) is 5.82 Å². The number of carboxylic acid groups (broad SMARTS) is 1. The first-order chi connectivity index (χ1) is 17.7. The number of halogens is 6. The summed E-state index contributed by atoms with van der Waals surface area (Å²) in [6.45, 7) is 0.994. The van der Waals surface area contributed by atoms with Gasteiger partial charge < -0.3 is 10.0 Å². The highest BCUT2D eigenvalue weighted by Gasteiger charge is 2.45. The van der Waals surface area contributed by atoms with Crippen LogP contribution in [0.25, 0.3) is 0 Å². The number of nitrogens with zero attached hydrogens (tertiary/aromatic N) is 3. The summed E-state index contributed by atoms with van der Waals surface area (Å²) in [7, 11) is 0. The summed E-state index contributed by atoms with van der Waals surface area (Å²) >= 11 is 12.0. The van der Waals surface area contributed by atoms with E-state index in [1.807, 2.05) is 0 Å². The van der Waals surface area contributed by atoms with Gasteiger partial charge in [0.2, 0.25) is 0 Å². The maximum Gasteiger partial charge on any atom is 0.433 e. The highest BCUT2D eigenvalue weighted by Crippen LogP contribution is 2.43. The SMILES string of the molecule is C[C@]1(C(=O)O)CC[C@H](n2ncc(C(=O)N(CC(=O)c3c(Cl)cc(F)cc3Cl)CC3CC3)c2C(F)(F)F)CC1. The molecule has 206 valence electrons. The van der Waals surface area contributed by atoms with Gasteiger partial charge in [0, 0.05) is 6.54 Å². The van der Waals surface area contributed by atoms with Gasteiger partial charge in [-0.05, 0) is 63.5 Å². The molecule has 1 N–H and O–H groups in total. The Bertz CT molecular complexity index is 1240. The van der Waals surface area contributed by atoms with E-state index in [2.05, 4.69) is 5.10 Å². The first-order valence-electron chi connectivity index (χ1n) is 12.1. The summed E-state index contributed by atoms with van der Waals surface area (Å²) in [6.07, 6.45) is -1.96. The third-order valence-electron chi connectivity index (χ3n) is 7.30. The van der Waals surface area contributed by atoms with Crippen LogP contribution in [0.5, 0.6) is 0 Å². The Morgan fingerprint density at radius 3 is 2.21 bits per heavy atom. The standard InChI is InChI=1S/C25H25Cl2F4N3O4/c1-24(23(37)38)6-4-15(5-7-24)34-21(25(29,30)31)16(10-32-34)22(36)33(11-13-2-3-13)12-19(35)20-17(26)8-14(28)9-18(20)27/h8-10,13,15H,2-7,11-12H2,1H3,(H,37,38)/t15-,24-. The predicted molar refractivity (Wildman–Crippen MR) is 130 cm³/mol. The van der Waals surface area contributed by atoms with E-state index in [9.17, 15) is 37.1 Å². The van der Waals surface area contributed by atoms with Crippen LogP contribution < -0.4 is 0 Å². The van der Waals surface area contributed by atoms with E-state index >= 15 is 0 Å². The van der Waals surface area contributed by atoms with Crippen molar-refractivity contribution >= 4 is 40.9 Å². The van der Waals surface area contributed by atoms with Crippen molar-refractivity contribution in [1.29, 1.82) is 0 Å². The van der Waals surface area contributed by atoms with Crippen LogP contribution in [0.2, 0.25) is 10.0 Å². The second-order valence-electron chi connectivity index (χ2n) is 10.2. The first kappa shape index (κ1) is 28.4. The molecule has 0 radical (unpaired) electrons. The number of carboxylic acids is 1. The lowest BCUT2D eigenvalue weighted by atomic mass is 9.74. The van der Waals surface area contributed by atoms with Crippen LogP contribution in [0, 0.1) is 17.2 Å². The Balaban J connectivity index is 1.64. The Morgan fingerprint density at radius 1 is 1.13 bits per heavy atom. The second kappa shape index (κ2) is 10.5. The lowest BCUT2D eigenvalue weighted by Crippen LogP contribution is -2.38. The molecule has 7 nitrogen and oxygen atoms in total. The topological polar surface area (TPSA) is 92.5 Å². The van der Waals surface area contributed by atoms with Gasteiger partial charge in [0.05, 0.1) is 45.4 Å². The number of rotatable bonds is 8. The third-order valence-corrected chi connectivity index (χ3v) is 7.89. The third kappa shape index (κ3) is 5.83. The van der Waals surface area contributed by atoms with Crippen LogP contribution in [0.4, 0.5) is 17.6 Å². The van der Waals surface area contributed by atoms with Crippen molar-refractivity contribution < 1.29 is 37.1 Å².